The summed E-state index contributed by atoms with van der Waals surface area (Å²) in [5.74, 6) is 0. The Balaban J connectivity index is 2.23. The van der Waals surface area contributed by atoms with Gasteiger partial charge >= 0.3 is 0 Å². The van der Waals surface area contributed by atoms with Gasteiger partial charge in [-0.1, -0.05) is 6.08 Å². The van der Waals surface area contributed by atoms with Gasteiger partial charge in [0.25, 0.3) is 0 Å². The Morgan fingerprint density at radius 2 is 2.20 bits per heavy atom. The molecule has 0 spiro atoms. The molecule has 0 saturated heterocycles. The highest BCUT2D eigenvalue weighted by molar-refractivity contribution is 7.11. The molecule has 0 radical (unpaired) electrons. The topological polar surface area (TPSA) is 33.1 Å². The maximum Gasteiger partial charge on any atom is 0.111 e. The average molecular weight is 223 g/mol. The highest BCUT2D eigenvalue weighted by Gasteiger charge is 2.19. The lowest BCUT2D eigenvalue weighted by molar-refractivity contribution is 0.211. The summed E-state index contributed by atoms with van der Waals surface area (Å²) in [5, 5.41) is 11.3. The number of aliphatic hydroxyl groups is 1. The first kappa shape index (κ1) is 10.8. The van der Waals surface area contributed by atoms with E-state index in [9.17, 15) is 5.11 Å². The zero-order valence-electron chi connectivity index (χ0n) is 9.29. The summed E-state index contributed by atoms with van der Waals surface area (Å²) in [6.45, 7) is 3.97. The van der Waals surface area contributed by atoms with Crippen molar-refractivity contribution in [3.63, 3.8) is 0 Å². The van der Waals surface area contributed by atoms with E-state index in [1.807, 2.05) is 13.8 Å². The molecule has 1 aromatic heterocycles. The molecule has 2 nitrogen and oxygen atoms in total. The molecule has 0 bridgehead atoms. The van der Waals surface area contributed by atoms with Crippen LogP contribution in [0.15, 0.2) is 11.6 Å². The second-order valence-electron chi connectivity index (χ2n) is 4.11. The molecule has 1 unspecified atom stereocenters. The molecule has 1 atom stereocenters. The predicted octanol–water partition coefficient (Wildman–Crippen LogP) is 3.29. The van der Waals surface area contributed by atoms with Crippen LogP contribution in [0, 0.1) is 13.8 Å². The van der Waals surface area contributed by atoms with Gasteiger partial charge in [0.15, 0.2) is 0 Å². The van der Waals surface area contributed by atoms with Gasteiger partial charge in [0.1, 0.15) is 6.10 Å². The molecule has 0 amide bonds. The third-order valence-corrected chi connectivity index (χ3v) is 3.99. The first-order valence-corrected chi connectivity index (χ1v) is 6.31. The van der Waals surface area contributed by atoms with Crippen molar-refractivity contribution in [2.24, 2.45) is 0 Å². The minimum absolute atomic E-state index is 0.406. The van der Waals surface area contributed by atoms with E-state index >= 15 is 0 Å². The summed E-state index contributed by atoms with van der Waals surface area (Å²) in [4.78, 5) is 5.39. The monoisotopic (exact) mass is 223 g/mol. The fraction of sp³-hybridized carbons (Fsp3) is 0.583. The zero-order valence-corrected chi connectivity index (χ0v) is 10.1. The van der Waals surface area contributed by atoms with E-state index in [-0.39, 0.29) is 0 Å². The first-order valence-electron chi connectivity index (χ1n) is 5.49. The minimum Gasteiger partial charge on any atom is -0.383 e. The van der Waals surface area contributed by atoms with Gasteiger partial charge in [0.2, 0.25) is 0 Å². The lowest BCUT2D eigenvalue weighted by atomic mass is 9.94. The van der Waals surface area contributed by atoms with E-state index in [0.717, 1.165) is 28.4 Å². The maximum atomic E-state index is 10.2. The lowest BCUT2D eigenvalue weighted by Gasteiger charge is -2.17. The third-order valence-electron chi connectivity index (χ3n) is 2.87. The standard InChI is InChI=1S/C12H17NOS/c1-8-12(15-9(2)13-8)11(14)10-6-4-3-5-7-10/h6,11,14H,3-5,7H2,1-2H3. The minimum atomic E-state index is -0.406. The van der Waals surface area contributed by atoms with Crippen LogP contribution in [0.25, 0.3) is 0 Å². The summed E-state index contributed by atoms with van der Waals surface area (Å²) >= 11 is 1.61. The van der Waals surface area contributed by atoms with Crippen LogP contribution in [0.3, 0.4) is 0 Å². The van der Waals surface area contributed by atoms with Gasteiger partial charge < -0.3 is 5.11 Å². The molecule has 82 valence electrons. The van der Waals surface area contributed by atoms with Crippen LogP contribution in [-0.2, 0) is 0 Å². The molecule has 1 aliphatic carbocycles. The van der Waals surface area contributed by atoms with Crippen LogP contribution in [0.1, 0.15) is 47.4 Å². The van der Waals surface area contributed by atoms with Gasteiger partial charge in [-0.25, -0.2) is 4.98 Å². The van der Waals surface area contributed by atoms with Gasteiger partial charge in [-0.2, -0.15) is 0 Å². The molecule has 2 rings (SSSR count). The summed E-state index contributed by atoms with van der Waals surface area (Å²) in [5.41, 5.74) is 2.17. The van der Waals surface area contributed by atoms with Crippen molar-refractivity contribution in [3.8, 4) is 0 Å². The first-order chi connectivity index (χ1) is 7.18. The Kier molecular flexibility index (Phi) is 3.22. The van der Waals surface area contributed by atoms with E-state index in [0.29, 0.717) is 0 Å². The number of allylic oxidation sites excluding steroid dienone is 1. The Morgan fingerprint density at radius 3 is 2.73 bits per heavy atom. The highest BCUT2D eigenvalue weighted by atomic mass is 32.1. The Hall–Kier alpha value is -0.670. The molecule has 3 heteroatoms. The molecule has 0 saturated carbocycles. The maximum absolute atomic E-state index is 10.2. The van der Waals surface area contributed by atoms with Crippen LogP contribution in [0.2, 0.25) is 0 Å². The molecule has 0 aliphatic heterocycles. The number of hydrogen-bond acceptors (Lipinski definition) is 3. The second kappa shape index (κ2) is 4.45. The molecular weight excluding hydrogens is 206 g/mol. The average Bonchev–Trinajstić information content (AvgIpc) is 2.58. The van der Waals surface area contributed by atoms with Crippen LogP contribution in [0.5, 0.6) is 0 Å². The molecule has 0 fully saturated rings. The number of aliphatic hydroxyl groups excluding tert-OH is 1. The normalized spacial score (nSPS) is 18.7. The van der Waals surface area contributed by atoms with Crippen molar-refractivity contribution in [2.45, 2.75) is 45.6 Å². The van der Waals surface area contributed by atoms with Crippen LogP contribution < -0.4 is 0 Å². The van der Waals surface area contributed by atoms with E-state index in [1.54, 1.807) is 11.3 Å². The van der Waals surface area contributed by atoms with Gasteiger partial charge in [0.05, 0.1) is 15.6 Å². The van der Waals surface area contributed by atoms with Gasteiger partial charge in [-0.15, -0.1) is 11.3 Å². The second-order valence-corrected chi connectivity index (χ2v) is 5.34. The SMILES string of the molecule is Cc1nc(C)c(C(O)C2=CCCCC2)s1. The van der Waals surface area contributed by atoms with Gasteiger partial charge in [-0.05, 0) is 45.1 Å². The Labute approximate surface area is 94.7 Å². The van der Waals surface area contributed by atoms with Crippen molar-refractivity contribution in [1.29, 1.82) is 0 Å². The fourth-order valence-corrected chi connectivity index (χ4v) is 3.04. The van der Waals surface area contributed by atoms with Crippen molar-refractivity contribution >= 4 is 11.3 Å². The summed E-state index contributed by atoms with van der Waals surface area (Å²) in [6.07, 6.45) is 6.41. The summed E-state index contributed by atoms with van der Waals surface area (Å²) in [7, 11) is 0. The molecule has 0 aromatic carbocycles. The predicted molar refractivity (Wildman–Crippen MR) is 63.1 cm³/mol. The number of nitrogens with zero attached hydrogens (tertiary/aromatic N) is 1. The number of aromatic nitrogens is 1. The Morgan fingerprint density at radius 1 is 1.40 bits per heavy atom. The van der Waals surface area contributed by atoms with Crippen LogP contribution in [-0.4, -0.2) is 10.1 Å². The fourth-order valence-electron chi connectivity index (χ4n) is 2.08. The van der Waals surface area contributed by atoms with E-state index < -0.39 is 6.10 Å². The van der Waals surface area contributed by atoms with E-state index in [2.05, 4.69) is 11.1 Å². The molecule has 1 heterocycles. The van der Waals surface area contributed by atoms with Crippen LogP contribution >= 0.6 is 11.3 Å². The van der Waals surface area contributed by atoms with Crippen molar-refractivity contribution in [2.75, 3.05) is 0 Å². The molecule has 15 heavy (non-hydrogen) atoms. The molecule has 1 aliphatic rings. The number of thiazole rings is 1. The van der Waals surface area contributed by atoms with Crippen LogP contribution in [0.4, 0.5) is 0 Å². The number of rotatable bonds is 2. The highest BCUT2D eigenvalue weighted by Crippen LogP contribution is 2.34. The third kappa shape index (κ3) is 2.29. The number of aryl methyl sites for hydroxylation is 2. The van der Waals surface area contributed by atoms with Crippen molar-refractivity contribution in [1.82, 2.24) is 4.98 Å². The van der Waals surface area contributed by atoms with Gasteiger partial charge in [-0.3, -0.25) is 0 Å². The van der Waals surface area contributed by atoms with Crippen molar-refractivity contribution < 1.29 is 5.11 Å². The van der Waals surface area contributed by atoms with Gasteiger partial charge in [0, 0.05) is 0 Å². The summed E-state index contributed by atoms with van der Waals surface area (Å²) < 4.78 is 0. The van der Waals surface area contributed by atoms with E-state index in [1.165, 1.54) is 18.4 Å². The lowest BCUT2D eigenvalue weighted by Crippen LogP contribution is -2.04. The smallest absolute Gasteiger partial charge is 0.111 e. The van der Waals surface area contributed by atoms with E-state index in [4.69, 9.17) is 0 Å². The van der Waals surface area contributed by atoms with Crippen molar-refractivity contribution in [3.05, 3.63) is 27.2 Å². The largest absolute Gasteiger partial charge is 0.383 e. The molecular formula is C12H17NOS. The number of hydrogen-bond donors (Lipinski definition) is 1. The summed E-state index contributed by atoms with van der Waals surface area (Å²) in [6, 6.07) is 0. The molecule has 1 aromatic rings. The zero-order chi connectivity index (χ0) is 10.8. The Bertz CT molecular complexity index is 381. The molecule has 1 N–H and O–H groups in total. The quantitative estimate of drug-likeness (QED) is 0.780.